The molecule has 0 heterocycles. The second-order valence-corrected chi connectivity index (χ2v) is 4.19. The van der Waals surface area contributed by atoms with Gasteiger partial charge in [-0.2, -0.15) is 0 Å². The molecule has 0 aliphatic carbocycles. The maximum absolute atomic E-state index is 11.5. The lowest BCUT2D eigenvalue weighted by atomic mass is 10.1. The van der Waals surface area contributed by atoms with E-state index in [4.69, 9.17) is 9.47 Å². The summed E-state index contributed by atoms with van der Waals surface area (Å²) in [6, 6.07) is 5.10. The van der Waals surface area contributed by atoms with Crippen molar-refractivity contribution in [3.8, 4) is 5.75 Å². The number of ether oxygens (including phenoxy) is 2. The second kappa shape index (κ2) is 7.16. The minimum absolute atomic E-state index is 0.00930. The third-order valence-corrected chi connectivity index (χ3v) is 2.78. The van der Waals surface area contributed by atoms with E-state index in [1.807, 2.05) is 6.92 Å². The molecule has 0 saturated carbocycles. The van der Waals surface area contributed by atoms with Gasteiger partial charge in [0, 0.05) is 5.56 Å². The van der Waals surface area contributed by atoms with Crippen LogP contribution in [0.3, 0.4) is 0 Å². The number of carbonyl (C=O) groups excluding carboxylic acids is 2. The Hall–Kier alpha value is -1.36. The molecule has 1 rings (SSSR count). The van der Waals surface area contributed by atoms with E-state index in [-0.39, 0.29) is 17.7 Å². The molecule has 0 bridgehead atoms. The normalized spacial score (nSPS) is 9.94. The molecule has 1 aromatic carbocycles. The lowest BCUT2D eigenvalue weighted by Gasteiger charge is -2.09. The molecule has 0 saturated heterocycles. The van der Waals surface area contributed by atoms with E-state index in [9.17, 15) is 9.59 Å². The zero-order valence-corrected chi connectivity index (χ0v) is 12.0. The fourth-order valence-electron chi connectivity index (χ4n) is 1.40. The van der Waals surface area contributed by atoms with Gasteiger partial charge in [0.05, 0.1) is 11.9 Å². The van der Waals surface area contributed by atoms with E-state index in [2.05, 4.69) is 15.9 Å². The van der Waals surface area contributed by atoms with Crippen molar-refractivity contribution < 1.29 is 19.1 Å². The molecule has 0 radical (unpaired) electrons. The highest BCUT2D eigenvalue weighted by Crippen LogP contribution is 2.19. The van der Waals surface area contributed by atoms with Crippen LogP contribution in [0.25, 0.3) is 0 Å². The van der Waals surface area contributed by atoms with Gasteiger partial charge in [0.2, 0.25) is 0 Å². The third kappa shape index (κ3) is 4.14. The zero-order chi connectivity index (χ0) is 13.5. The summed E-state index contributed by atoms with van der Waals surface area (Å²) in [7, 11) is 0. The first-order chi connectivity index (χ1) is 8.58. The largest absolute Gasteiger partial charge is 0.482 e. The topological polar surface area (TPSA) is 52.6 Å². The Morgan fingerprint density at radius 1 is 1.33 bits per heavy atom. The number of halogens is 1. The fraction of sp³-hybridized carbons (Fsp3) is 0.385. The molecule has 5 heteroatoms. The van der Waals surface area contributed by atoms with Gasteiger partial charge in [-0.3, -0.25) is 4.79 Å². The molecule has 0 fully saturated rings. The van der Waals surface area contributed by atoms with Crippen LogP contribution in [0.15, 0.2) is 18.2 Å². The number of carbonyl (C=O) groups is 2. The van der Waals surface area contributed by atoms with Crippen LogP contribution in [0.5, 0.6) is 5.75 Å². The Morgan fingerprint density at radius 2 is 2.06 bits per heavy atom. The molecular formula is C13H15BrO4. The van der Waals surface area contributed by atoms with E-state index in [1.54, 1.807) is 25.1 Å². The Kier molecular flexibility index (Phi) is 5.85. The predicted octanol–water partition coefficient (Wildman–Crippen LogP) is 2.51. The highest BCUT2D eigenvalue weighted by molar-refractivity contribution is 9.09. The smallest absolute Gasteiger partial charge is 0.344 e. The minimum atomic E-state index is -0.405. The first-order valence-corrected chi connectivity index (χ1v) is 6.68. The van der Waals surface area contributed by atoms with Crippen molar-refractivity contribution in [2.45, 2.75) is 13.8 Å². The summed E-state index contributed by atoms with van der Waals surface area (Å²) in [6.45, 7) is 3.77. The van der Waals surface area contributed by atoms with E-state index in [1.165, 1.54) is 0 Å². The number of esters is 1. The molecule has 0 aromatic heterocycles. The van der Waals surface area contributed by atoms with Crippen LogP contribution in [0.1, 0.15) is 22.8 Å². The molecule has 18 heavy (non-hydrogen) atoms. The van der Waals surface area contributed by atoms with Gasteiger partial charge in [0.15, 0.2) is 12.4 Å². The highest BCUT2D eigenvalue weighted by atomic mass is 79.9. The quantitative estimate of drug-likeness (QED) is 0.460. The van der Waals surface area contributed by atoms with Gasteiger partial charge in [0.1, 0.15) is 5.75 Å². The third-order valence-electron chi connectivity index (χ3n) is 2.27. The molecule has 0 amide bonds. The summed E-state index contributed by atoms with van der Waals surface area (Å²) in [4.78, 5) is 22.6. The number of rotatable bonds is 6. The molecular weight excluding hydrogens is 300 g/mol. The summed E-state index contributed by atoms with van der Waals surface area (Å²) < 4.78 is 10.1. The standard InChI is InChI=1S/C13H15BrO4/c1-3-17-13(16)8-18-12-5-4-10(6-9(12)2)11(15)7-14/h4-6H,3,7-8H2,1-2H3. The molecule has 0 N–H and O–H groups in total. The van der Waals surface area contributed by atoms with Crippen molar-refractivity contribution in [1.29, 1.82) is 0 Å². The summed E-state index contributed by atoms with van der Waals surface area (Å²) in [5.74, 6) is 0.182. The average Bonchev–Trinajstić information content (AvgIpc) is 2.36. The van der Waals surface area contributed by atoms with Gasteiger partial charge in [-0.1, -0.05) is 15.9 Å². The monoisotopic (exact) mass is 314 g/mol. The van der Waals surface area contributed by atoms with Crippen molar-refractivity contribution in [2.75, 3.05) is 18.5 Å². The van der Waals surface area contributed by atoms with Crippen molar-refractivity contribution in [3.63, 3.8) is 0 Å². The van der Waals surface area contributed by atoms with Crippen molar-refractivity contribution >= 4 is 27.7 Å². The summed E-state index contributed by atoms with van der Waals surface area (Å²) in [5.41, 5.74) is 1.43. The number of benzene rings is 1. The molecule has 0 atom stereocenters. The fourth-order valence-corrected chi connectivity index (χ4v) is 1.73. The number of alkyl halides is 1. The predicted molar refractivity (Wildman–Crippen MR) is 71.4 cm³/mol. The molecule has 98 valence electrons. The lowest BCUT2D eigenvalue weighted by molar-refractivity contribution is -0.145. The van der Waals surface area contributed by atoms with Crippen LogP contribution in [0.2, 0.25) is 0 Å². The maximum Gasteiger partial charge on any atom is 0.344 e. The number of Topliss-reactive ketones (excluding diaryl/α,β-unsaturated/α-hetero) is 1. The van der Waals surface area contributed by atoms with E-state index in [0.29, 0.717) is 17.9 Å². The van der Waals surface area contributed by atoms with Gasteiger partial charge < -0.3 is 9.47 Å². The average molecular weight is 315 g/mol. The number of aryl methyl sites for hydroxylation is 1. The van der Waals surface area contributed by atoms with Crippen LogP contribution in [-0.2, 0) is 9.53 Å². The van der Waals surface area contributed by atoms with Gasteiger partial charge in [-0.15, -0.1) is 0 Å². The first kappa shape index (κ1) is 14.7. The van der Waals surface area contributed by atoms with Crippen LogP contribution in [0.4, 0.5) is 0 Å². The van der Waals surface area contributed by atoms with Gasteiger partial charge >= 0.3 is 5.97 Å². The Balaban J connectivity index is 2.68. The minimum Gasteiger partial charge on any atom is -0.482 e. The van der Waals surface area contributed by atoms with Crippen molar-refractivity contribution in [1.82, 2.24) is 0 Å². The number of hydrogen-bond acceptors (Lipinski definition) is 4. The Bertz CT molecular complexity index is 443. The SMILES string of the molecule is CCOC(=O)COc1ccc(C(=O)CBr)cc1C. The molecule has 0 aliphatic heterocycles. The van der Waals surface area contributed by atoms with Crippen LogP contribution < -0.4 is 4.74 Å². The van der Waals surface area contributed by atoms with Gasteiger partial charge in [-0.25, -0.2) is 4.79 Å². The summed E-state index contributed by atoms with van der Waals surface area (Å²) in [6.07, 6.45) is 0. The Labute approximate surface area is 114 Å². The first-order valence-electron chi connectivity index (χ1n) is 5.56. The number of ketones is 1. The van der Waals surface area contributed by atoms with Crippen LogP contribution in [0, 0.1) is 6.92 Å². The molecule has 0 aliphatic rings. The van der Waals surface area contributed by atoms with E-state index >= 15 is 0 Å². The molecule has 0 unspecified atom stereocenters. The molecule has 4 nitrogen and oxygen atoms in total. The van der Waals surface area contributed by atoms with Gasteiger partial charge in [-0.05, 0) is 37.6 Å². The van der Waals surface area contributed by atoms with E-state index < -0.39 is 5.97 Å². The maximum atomic E-state index is 11.5. The number of hydrogen-bond donors (Lipinski definition) is 0. The second-order valence-electron chi connectivity index (χ2n) is 3.63. The zero-order valence-electron chi connectivity index (χ0n) is 10.4. The van der Waals surface area contributed by atoms with Crippen LogP contribution in [-0.4, -0.2) is 30.3 Å². The summed E-state index contributed by atoms with van der Waals surface area (Å²) >= 11 is 3.12. The van der Waals surface area contributed by atoms with E-state index in [0.717, 1.165) is 5.56 Å². The molecule has 1 aromatic rings. The van der Waals surface area contributed by atoms with Crippen molar-refractivity contribution in [3.05, 3.63) is 29.3 Å². The van der Waals surface area contributed by atoms with Gasteiger partial charge in [0.25, 0.3) is 0 Å². The Morgan fingerprint density at radius 3 is 2.61 bits per heavy atom. The summed E-state index contributed by atoms with van der Waals surface area (Å²) in [5, 5.41) is 0.287. The lowest BCUT2D eigenvalue weighted by Crippen LogP contribution is -2.15. The molecule has 0 spiro atoms. The van der Waals surface area contributed by atoms with Crippen molar-refractivity contribution in [2.24, 2.45) is 0 Å². The van der Waals surface area contributed by atoms with Crippen LogP contribution >= 0.6 is 15.9 Å². The highest BCUT2D eigenvalue weighted by Gasteiger charge is 2.09.